The molecule has 102 valence electrons. The van der Waals surface area contributed by atoms with Crippen LogP contribution in [0.15, 0.2) is 18.2 Å². The van der Waals surface area contributed by atoms with Crippen LogP contribution in [0.2, 0.25) is 0 Å². The molecule has 0 N–H and O–H groups in total. The van der Waals surface area contributed by atoms with Crippen molar-refractivity contribution >= 4 is 19.7 Å². The largest absolute Gasteiger partial charge is 0.493 e. The summed E-state index contributed by atoms with van der Waals surface area (Å²) in [6.45, 7) is 6.30. The molecule has 1 rings (SSSR count). The lowest BCUT2D eigenvalue weighted by Crippen LogP contribution is -2.19. The zero-order chi connectivity index (χ0) is 13.8. The molecule has 0 aliphatic carbocycles. The molecular formula is C13H19ClO3S. The standard InChI is InChI=1S/C13H19ClO3S/c1-4-12(9-18(14,15)16)8-17-13-6-10(2)5-11(3)7-13/h5-7,12H,4,8-9H2,1-3H3. The van der Waals surface area contributed by atoms with Gasteiger partial charge in [-0.25, -0.2) is 8.42 Å². The fourth-order valence-corrected chi connectivity index (χ4v) is 3.23. The molecule has 1 atom stereocenters. The summed E-state index contributed by atoms with van der Waals surface area (Å²) >= 11 is 0. The van der Waals surface area contributed by atoms with Crippen molar-refractivity contribution in [2.24, 2.45) is 5.92 Å². The second-order valence-electron chi connectivity index (χ2n) is 4.61. The Labute approximate surface area is 114 Å². The van der Waals surface area contributed by atoms with E-state index in [9.17, 15) is 8.42 Å². The fraction of sp³-hybridized carbons (Fsp3) is 0.538. The highest BCUT2D eigenvalue weighted by molar-refractivity contribution is 8.13. The highest BCUT2D eigenvalue weighted by Gasteiger charge is 2.16. The van der Waals surface area contributed by atoms with E-state index in [0.717, 1.165) is 23.3 Å². The molecule has 1 aromatic rings. The van der Waals surface area contributed by atoms with Crippen LogP contribution in [0.5, 0.6) is 5.75 Å². The second-order valence-corrected chi connectivity index (χ2v) is 7.44. The van der Waals surface area contributed by atoms with Gasteiger partial charge in [-0.05, 0) is 43.5 Å². The Bertz CT molecular complexity index is 477. The number of rotatable bonds is 6. The summed E-state index contributed by atoms with van der Waals surface area (Å²) in [7, 11) is 1.79. The molecule has 5 heteroatoms. The van der Waals surface area contributed by atoms with Crippen LogP contribution in [0.25, 0.3) is 0 Å². The van der Waals surface area contributed by atoms with Crippen LogP contribution in [0.4, 0.5) is 0 Å². The summed E-state index contributed by atoms with van der Waals surface area (Å²) < 4.78 is 27.7. The van der Waals surface area contributed by atoms with Crippen molar-refractivity contribution in [1.82, 2.24) is 0 Å². The van der Waals surface area contributed by atoms with Crippen LogP contribution in [0.3, 0.4) is 0 Å². The van der Waals surface area contributed by atoms with Crippen molar-refractivity contribution in [3.63, 3.8) is 0 Å². The molecule has 0 amide bonds. The van der Waals surface area contributed by atoms with E-state index in [1.165, 1.54) is 0 Å². The van der Waals surface area contributed by atoms with Gasteiger partial charge in [-0.15, -0.1) is 0 Å². The zero-order valence-corrected chi connectivity index (χ0v) is 12.5. The van der Waals surface area contributed by atoms with Gasteiger partial charge in [-0.3, -0.25) is 0 Å². The summed E-state index contributed by atoms with van der Waals surface area (Å²) in [5.74, 6) is 0.654. The average Bonchev–Trinajstić information content (AvgIpc) is 2.21. The van der Waals surface area contributed by atoms with E-state index in [1.807, 2.05) is 32.9 Å². The first-order valence-electron chi connectivity index (χ1n) is 5.93. The van der Waals surface area contributed by atoms with Crippen molar-refractivity contribution in [3.8, 4) is 5.75 Å². The van der Waals surface area contributed by atoms with E-state index in [-0.39, 0.29) is 11.7 Å². The molecule has 18 heavy (non-hydrogen) atoms. The number of ether oxygens (including phenoxy) is 1. The maximum atomic E-state index is 11.0. The lowest BCUT2D eigenvalue weighted by Gasteiger charge is -2.15. The minimum Gasteiger partial charge on any atom is -0.493 e. The van der Waals surface area contributed by atoms with Gasteiger partial charge in [0.1, 0.15) is 5.75 Å². The highest BCUT2D eigenvalue weighted by Crippen LogP contribution is 2.18. The molecule has 0 radical (unpaired) electrons. The van der Waals surface area contributed by atoms with Gasteiger partial charge >= 0.3 is 0 Å². The molecule has 1 unspecified atom stereocenters. The zero-order valence-electron chi connectivity index (χ0n) is 10.9. The lowest BCUT2D eigenvalue weighted by molar-refractivity contribution is 0.257. The van der Waals surface area contributed by atoms with Gasteiger partial charge in [-0.1, -0.05) is 13.0 Å². The first kappa shape index (κ1) is 15.3. The Morgan fingerprint density at radius 1 is 1.22 bits per heavy atom. The Morgan fingerprint density at radius 2 is 1.78 bits per heavy atom. The van der Waals surface area contributed by atoms with Crippen molar-refractivity contribution < 1.29 is 13.2 Å². The summed E-state index contributed by atoms with van der Waals surface area (Å²) in [6.07, 6.45) is 0.719. The molecule has 0 aromatic heterocycles. The quantitative estimate of drug-likeness (QED) is 0.755. The second kappa shape index (κ2) is 6.43. The fourth-order valence-electron chi connectivity index (χ4n) is 1.80. The first-order valence-corrected chi connectivity index (χ1v) is 8.41. The predicted octanol–water partition coefficient (Wildman–Crippen LogP) is 3.28. The Morgan fingerprint density at radius 3 is 2.22 bits per heavy atom. The molecule has 0 saturated carbocycles. The summed E-state index contributed by atoms with van der Waals surface area (Å²) in [4.78, 5) is 0. The third kappa shape index (κ3) is 5.74. The Kier molecular flexibility index (Phi) is 5.47. The van der Waals surface area contributed by atoms with Gasteiger partial charge in [0.2, 0.25) is 9.05 Å². The van der Waals surface area contributed by atoms with Gasteiger partial charge in [-0.2, -0.15) is 0 Å². The molecule has 0 fully saturated rings. The van der Waals surface area contributed by atoms with Gasteiger partial charge < -0.3 is 4.74 Å². The van der Waals surface area contributed by atoms with Crippen molar-refractivity contribution in [2.75, 3.05) is 12.4 Å². The van der Waals surface area contributed by atoms with Crippen molar-refractivity contribution in [3.05, 3.63) is 29.3 Å². The molecule has 1 aromatic carbocycles. The van der Waals surface area contributed by atoms with E-state index in [4.69, 9.17) is 15.4 Å². The molecule has 0 aliphatic rings. The predicted molar refractivity (Wildman–Crippen MR) is 74.8 cm³/mol. The smallest absolute Gasteiger partial charge is 0.232 e. The van der Waals surface area contributed by atoms with E-state index in [1.54, 1.807) is 0 Å². The Hall–Kier alpha value is -0.740. The lowest BCUT2D eigenvalue weighted by atomic mass is 10.1. The van der Waals surface area contributed by atoms with E-state index in [2.05, 4.69) is 6.07 Å². The molecule has 0 aliphatic heterocycles. The highest BCUT2D eigenvalue weighted by atomic mass is 35.7. The van der Waals surface area contributed by atoms with Gasteiger partial charge in [0.25, 0.3) is 0 Å². The molecule has 0 heterocycles. The summed E-state index contributed by atoms with van der Waals surface area (Å²) in [6, 6.07) is 5.94. The van der Waals surface area contributed by atoms with Gasteiger partial charge in [0, 0.05) is 16.6 Å². The minimum atomic E-state index is -3.46. The third-order valence-corrected chi connectivity index (χ3v) is 3.94. The van der Waals surface area contributed by atoms with Gasteiger partial charge in [0.15, 0.2) is 0 Å². The van der Waals surface area contributed by atoms with Crippen LogP contribution < -0.4 is 4.74 Å². The topological polar surface area (TPSA) is 43.4 Å². The number of hydrogen-bond acceptors (Lipinski definition) is 3. The first-order chi connectivity index (χ1) is 8.30. The van der Waals surface area contributed by atoms with Crippen LogP contribution in [-0.4, -0.2) is 20.8 Å². The maximum absolute atomic E-state index is 11.0. The number of aryl methyl sites for hydroxylation is 2. The van der Waals surface area contributed by atoms with Gasteiger partial charge in [0.05, 0.1) is 12.4 Å². The van der Waals surface area contributed by atoms with E-state index >= 15 is 0 Å². The SMILES string of the molecule is CCC(COc1cc(C)cc(C)c1)CS(=O)(=O)Cl. The average molecular weight is 291 g/mol. The number of hydrogen-bond donors (Lipinski definition) is 0. The summed E-state index contributed by atoms with van der Waals surface area (Å²) in [5, 5.41) is 0. The van der Waals surface area contributed by atoms with Crippen LogP contribution in [0, 0.1) is 19.8 Å². The number of halogens is 1. The maximum Gasteiger partial charge on any atom is 0.232 e. The van der Waals surface area contributed by atoms with E-state index in [0.29, 0.717) is 6.61 Å². The molecule has 0 bridgehead atoms. The third-order valence-electron chi connectivity index (χ3n) is 2.69. The molecular weight excluding hydrogens is 272 g/mol. The van der Waals surface area contributed by atoms with Crippen molar-refractivity contribution in [2.45, 2.75) is 27.2 Å². The molecule has 0 saturated heterocycles. The van der Waals surface area contributed by atoms with E-state index < -0.39 is 9.05 Å². The monoisotopic (exact) mass is 290 g/mol. The van der Waals surface area contributed by atoms with Crippen LogP contribution in [-0.2, 0) is 9.05 Å². The molecule has 0 spiro atoms. The molecule has 3 nitrogen and oxygen atoms in total. The van der Waals surface area contributed by atoms with Crippen LogP contribution in [0.1, 0.15) is 24.5 Å². The minimum absolute atomic E-state index is 0.0458. The Balaban J connectivity index is 2.62. The van der Waals surface area contributed by atoms with Crippen molar-refractivity contribution in [1.29, 1.82) is 0 Å². The van der Waals surface area contributed by atoms with Crippen LogP contribution >= 0.6 is 10.7 Å². The normalized spacial score (nSPS) is 13.3. The summed E-state index contributed by atoms with van der Waals surface area (Å²) in [5.41, 5.74) is 2.26. The number of benzene rings is 1.